The number of hydrogen-bond acceptors (Lipinski definition) is 5. The average Bonchev–Trinajstić information content (AvgIpc) is 3.81. The molecule has 4 heterocycles. The maximum atomic E-state index is 14.9. The molecule has 2 unspecified atom stereocenters. The van der Waals surface area contributed by atoms with Gasteiger partial charge in [0.25, 0.3) is 0 Å². The summed E-state index contributed by atoms with van der Waals surface area (Å²) >= 11 is 3.70. The minimum atomic E-state index is -0.319. The van der Waals surface area contributed by atoms with E-state index in [1.807, 2.05) is 22.7 Å². The van der Waals surface area contributed by atoms with Crippen molar-refractivity contribution < 1.29 is 4.79 Å². The van der Waals surface area contributed by atoms with Crippen molar-refractivity contribution in [2.24, 2.45) is 0 Å². The molecule has 0 N–H and O–H groups in total. The van der Waals surface area contributed by atoms with Crippen LogP contribution in [0.2, 0.25) is 0 Å². The van der Waals surface area contributed by atoms with Crippen LogP contribution in [0.15, 0.2) is 60.7 Å². The van der Waals surface area contributed by atoms with Crippen molar-refractivity contribution in [3.05, 3.63) is 104 Å². The van der Waals surface area contributed by atoms with Gasteiger partial charge in [0, 0.05) is 43.8 Å². The Labute approximate surface area is 267 Å². The van der Waals surface area contributed by atoms with Crippen molar-refractivity contribution >= 4 is 48.9 Å². The first kappa shape index (κ1) is 27.8. The van der Waals surface area contributed by atoms with Crippen molar-refractivity contribution in [1.82, 2.24) is 9.97 Å². The van der Waals surface area contributed by atoms with Gasteiger partial charge >= 0.3 is 0 Å². The summed E-state index contributed by atoms with van der Waals surface area (Å²) in [6.45, 7) is 8.42. The maximum absolute atomic E-state index is 14.9. The smallest absolute Gasteiger partial charge is 0.147 e. The van der Waals surface area contributed by atoms with Crippen molar-refractivity contribution in [2.45, 2.75) is 78.1 Å². The lowest BCUT2D eigenvalue weighted by Crippen LogP contribution is -2.20. The van der Waals surface area contributed by atoms with E-state index in [2.05, 4.69) is 88.4 Å². The number of thiophene rings is 2. The van der Waals surface area contributed by atoms with Crippen LogP contribution >= 0.6 is 22.7 Å². The molecule has 0 aliphatic heterocycles. The summed E-state index contributed by atoms with van der Waals surface area (Å²) in [7, 11) is 0. The molecule has 0 radical (unpaired) electrons. The Kier molecular flexibility index (Phi) is 6.80. The minimum absolute atomic E-state index is 0.228. The highest BCUT2D eigenvalue weighted by molar-refractivity contribution is 7.19. The van der Waals surface area contributed by atoms with E-state index in [1.54, 1.807) is 0 Å². The molecule has 0 bridgehead atoms. The van der Waals surface area contributed by atoms with Crippen molar-refractivity contribution in [2.75, 3.05) is 0 Å². The van der Waals surface area contributed by atoms with Gasteiger partial charge in [-0.3, -0.25) is 4.79 Å². The molecule has 4 aromatic heterocycles. The molecule has 0 amide bonds. The van der Waals surface area contributed by atoms with E-state index in [-0.39, 0.29) is 17.6 Å². The van der Waals surface area contributed by atoms with E-state index < -0.39 is 0 Å². The second-order valence-electron chi connectivity index (χ2n) is 12.6. The molecule has 0 fully saturated rings. The molecular weight excluding hydrogens is 577 g/mol. The van der Waals surface area contributed by atoms with Gasteiger partial charge in [-0.2, -0.15) is 0 Å². The number of fused-ring (bicyclic) bond motifs is 6. The summed E-state index contributed by atoms with van der Waals surface area (Å²) in [4.78, 5) is 30.4. The van der Waals surface area contributed by atoms with Crippen molar-refractivity contribution in [3.63, 3.8) is 0 Å². The molecule has 0 saturated carbocycles. The van der Waals surface area contributed by atoms with Crippen LogP contribution in [-0.4, -0.2) is 15.8 Å². The highest BCUT2D eigenvalue weighted by Crippen LogP contribution is 2.48. The molecule has 2 aliphatic carbocycles. The number of pyridine rings is 2. The van der Waals surface area contributed by atoms with Gasteiger partial charge in [0.15, 0.2) is 0 Å². The lowest BCUT2D eigenvalue weighted by Gasteiger charge is -2.25. The Morgan fingerprint density at radius 1 is 0.636 bits per heavy atom. The van der Waals surface area contributed by atoms with Gasteiger partial charge in [-0.25, -0.2) is 9.97 Å². The van der Waals surface area contributed by atoms with E-state index in [4.69, 9.17) is 9.97 Å². The van der Waals surface area contributed by atoms with Gasteiger partial charge in [0.1, 0.15) is 15.4 Å². The Bertz CT molecular complexity index is 1940. The zero-order chi connectivity index (χ0) is 30.1. The molecule has 0 saturated heterocycles. The molecule has 2 atom stereocenters. The van der Waals surface area contributed by atoms with Crippen LogP contribution in [0.4, 0.5) is 0 Å². The van der Waals surface area contributed by atoms with Crippen LogP contribution in [0, 0.1) is 13.8 Å². The first-order chi connectivity index (χ1) is 21.4. The number of aryl methyl sites for hydroxylation is 6. The number of ketones is 1. The van der Waals surface area contributed by atoms with E-state index in [1.165, 1.54) is 66.7 Å². The summed E-state index contributed by atoms with van der Waals surface area (Å²) < 4.78 is 0. The van der Waals surface area contributed by atoms with Crippen LogP contribution < -0.4 is 0 Å². The molecule has 8 rings (SSSR count). The summed E-state index contributed by atoms with van der Waals surface area (Å²) in [5.74, 6) is -0.409. The highest BCUT2D eigenvalue weighted by Gasteiger charge is 2.34. The fraction of sp³-hybridized carbons (Fsp3) is 0.308. The molecule has 6 aromatic rings. The molecule has 220 valence electrons. The number of Topliss-reactive ketones (excluding diaryl/α,β-unsaturated/α-hetero) is 1. The molecular formula is C39H36N2OS2. The Morgan fingerprint density at radius 2 is 1.05 bits per heavy atom. The van der Waals surface area contributed by atoms with Crippen LogP contribution in [0.25, 0.3) is 42.7 Å². The van der Waals surface area contributed by atoms with Gasteiger partial charge in [0.2, 0.25) is 0 Å². The number of rotatable bonds is 6. The van der Waals surface area contributed by atoms with Gasteiger partial charge < -0.3 is 0 Å². The van der Waals surface area contributed by atoms with Crippen LogP contribution in [0.5, 0.6) is 0 Å². The van der Waals surface area contributed by atoms with Crippen LogP contribution in [0.3, 0.4) is 0 Å². The van der Waals surface area contributed by atoms with Gasteiger partial charge in [0.05, 0.1) is 0 Å². The third kappa shape index (κ3) is 4.23. The summed E-state index contributed by atoms with van der Waals surface area (Å²) in [5, 5.41) is 2.55. The largest absolute Gasteiger partial charge is 0.298 e. The number of hydrogen-bond donors (Lipinski definition) is 0. The third-order valence-corrected chi connectivity index (χ3v) is 12.4. The number of nitrogens with zero attached hydrogens (tertiary/aromatic N) is 2. The van der Waals surface area contributed by atoms with Crippen LogP contribution in [-0.2, 0) is 30.5 Å². The zero-order valence-corrected chi connectivity index (χ0v) is 27.4. The lowest BCUT2D eigenvalue weighted by atomic mass is 9.78. The normalized spacial score (nSPS) is 15.5. The predicted molar refractivity (Wildman–Crippen MR) is 185 cm³/mol. The lowest BCUT2D eigenvalue weighted by molar-refractivity contribution is -0.121. The fourth-order valence-corrected chi connectivity index (χ4v) is 10.7. The predicted octanol–water partition coefficient (Wildman–Crippen LogP) is 10.3. The second-order valence-corrected chi connectivity index (χ2v) is 14.8. The minimum Gasteiger partial charge on any atom is -0.298 e. The SMILES string of the molecule is Cc1nc2sc3c(c2c(-c2ccccc2)c1C(C)C(=O)C(C)c1c(C)nc2sc4c(c2c1-c1ccccc1)CCC4)CCC3. The molecule has 5 heteroatoms. The van der Waals surface area contributed by atoms with Crippen LogP contribution in [0.1, 0.15) is 81.9 Å². The van der Waals surface area contributed by atoms with Gasteiger partial charge in [-0.15, -0.1) is 22.7 Å². The Balaban J connectivity index is 1.32. The first-order valence-corrected chi connectivity index (χ1v) is 17.6. The topological polar surface area (TPSA) is 42.9 Å². The maximum Gasteiger partial charge on any atom is 0.147 e. The van der Waals surface area contributed by atoms with E-state index in [0.29, 0.717) is 0 Å². The molecule has 2 aliphatic rings. The molecule has 0 spiro atoms. The third-order valence-electron chi connectivity index (χ3n) is 10.0. The fourth-order valence-electron chi connectivity index (χ4n) is 8.04. The number of aromatic nitrogens is 2. The van der Waals surface area contributed by atoms with Gasteiger partial charge in [-0.05, 0) is 96.9 Å². The number of carbonyl (C=O) groups excluding carboxylic acids is 1. The molecule has 3 nitrogen and oxygen atoms in total. The summed E-state index contributed by atoms with van der Waals surface area (Å²) in [6.07, 6.45) is 6.84. The van der Waals surface area contributed by atoms with E-state index in [9.17, 15) is 4.79 Å². The quantitative estimate of drug-likeness (QED) is 0.188. The van der Waals surface area contributed by atoms with Gasteiger partial charge in [-0.1, -0.05) is 74.5 Å². The Morgan fingerprint density at radius 3 is 1.45 bits per heavy atom. The average molecular weight is 613 g/mol. The summed E-state index contributed by atoms with van der Waals surface area (Å²) in [6, 6.07) is 21.4. The zero-order valence-electron chi connectivity index (χ0n) is 25.8. The summed E-state index contributed by atoms with van der Waals surface area (Å²) in [5.41, 5.74) is 11.8. The van der Waals surface area contributed by atoms with Crippen molar-refractivity contribution in [1.29, 1.82) is 0 Å². The monoisotopic (exact) mass is 612 g/mol. The highest BCUT2D eigenvalue weighted by atomic mass is 32.1. The second kappa shape index (κ2) is 10.7. The molecule has 44 heavy (non-hydrogen) atoms. The number of benzene rings is 2. The standard InChI is InChI=1S/C39H36N2OS2/c1-21(31-23(3)40-38-35(27-17-11-19-29(27)43-38)33(31)25-13-7-5-8-14-25)37(42)22(2)32-24(4)41-39-36(28-18-12-20-30(28)44-39)34(32)26-15-9-6-10-16-26/h5-10,13-16,21-22H,11-12,17-20H2,1-4H3. The first-order valence-electron chi connectivity index (χ1n) is 16.0. The van der Waals surface area contributed by atoms with E-state index in [0.717, 1.165) is 57.9 Å². The molecule has 2 aromatic carbocycles. The number of carbonyl (C=O) groups is 1. The van der Waals surface area contributed by atoms with E-state index >= 15 is 0 Å². The Hall–Kier alpha value is -3.67. The van der Waals surface area contributed by atoms with Crippen molar-refractivity contribution in [3.8, 4) is 22.3 Å².